The van der Waals surface area contributed by atoms with Crippen molar-refractivity contribution in [2.24, 2.45) is 11.7 Å². The third-order valence-corrected chi connectivity index (χ3v) is 6.66. The van der Waals surface area contributed by atoms with Gasteiger partial charge in [0.25, 0.3) is 0 Å². The molecule has 2 aromatic carbocycles. The Kier molecular flexibility index (Phi) is 7.79. The number of hydrogen-bond acceptors (Lipinski definition) is 4. The number of nitrogens with zero attached hydrogens (tertiary/aromatic N) is 4. The molecule has 1 aliphatic rings. The van der Waals surface area contributed by atoms with Crippen LogP contribution in [0.4, 0.5) is 26.3 Å². The summed E-state index contributed by atoms with van der Waals surface area (Å²) in [7, 11) is 0. The number of fused-ring (bicyclic) bond motifs is 1. The molecule has 1 aliphatic heterocycles. The van der Waals surface area contributed by atoms with E-state index in [0.29, 0.717) is 17.7 Å². The average molecular weight is 551 g/mol. The lowest BCUT2D eigenvalue weighted by Gasteiger charge is -2.29. The van der Waals surface area contributed by atoms with Gasteiger partial charge in [-0.15, -0.1) is 10.2 Å². The minimum Gasteiger partial charge on any atom is -0.369 e. The third-order valence-electron chi connectivity index (χ3n) is 6.66. The Bertz CT molecular complexity index is 1420. The van der Waals surface area contributed by atoms with E-state index in [-0.39, 0.29) is 43.0 Å². The molecule has 1 aromatic heterocycles. The summed E-state index contributed by atoms with van der Waals surface area (Å²) in [4.78, 5) is 27.0. The first kappa shape index (κ1) is 27.9. The van der Waals surface area contributed by atoms with Crippen molar-refractivity contribution in [3.05, 3.63) is 94.3 Å². The number of alkyl halides is 3. The SMILES string of the molecule is CC(/C(=C\C(=O)N1CCn2c(nnc2C(F)(F)F)C1)Cc1cc(F)c(F)cc1F)[C@H](C(N)=O)c1ccccc1. The Morgan fingerprint density at radius 2 is 1.69 bits per heavy atom. The number of primary amides is 1. The molecule has 206 valence electrons. The summed E-state index contributed by atoms with van der Waals surface area (Å²) in [5.41, 5.74) is 6.13. The first-order valence-electron chi connectivity index (χ1n) is 11.8. The molecule has 4 rings (SSSR count). The highest BCUT2D eigenvalue weighted by Gasteiger charge is 2.40. The molecule has 0 aliphatic carbocycles. The van der Waals surface area contributed by atoms with Crippen LogP contribution in [0.1, 0.15) is 35.6 Å². The normalized spacial score (nSPS) is 15.6. The van der Waals surface area contributed by atoms with Crippen molar-refractivity contribution in [2.45, 2.75) is 38.5 Å². The smallest absolute Gasteiger partial charge is 0.369 e. The van der Waals surface area contributed by atoms with Crippen LogP contribution < -0.4 is 5.73 Å². The fourth-order valence-electron chi connectivity index (χ4n) is 4.64. The molecule has 0 bridgehead atoms. The topological polar surface area (TPSA) is 94.1 Å². The van der Waals surface area contributed by atoms with Crippen LogP contribution in [0.25, 0.3) is 0 Å². The van der Waals surface area contributed by atoms with E-state index >= 15 is 0 Å². The van der Waals surface area contributed by atoms with Gasteiger partial charge in [-0.25, -0.2) is 13.2 Å². The molecule has 39 heavy (non-hydrogen) atoms. The van der Waals surface area contributed by atoms with Crippen molar-refractivity contribution >= 4 is 11.8 Å². The number of amides is 2. The minimum atomic E-state index is -4.71. The Hall–Kier alpha value is -4.16. The standard InChI is InChI=1S/C26H23F6N5O2/c1-14(23(24(33)39)15-5-3-2-4-6-15)16(9-17-10-19(28)20(29)12-18(17)27)11-22(38)36-7-8-37-21(13-36)34-35-25(37)26(30,31)32/h2-6,10-12,14,23H,7-9,13H2,1H3,(H2,33,39)/b16-11-/t14?,23-/m0/s1. The second-order valence-corrected chi connectivity index (χ2v) is 9.18. The molecule has 2 N–H and O–H groups in total. The van der Waals surface area contributed by atoms with Crippen molar-refractivity contribution in [3.63, 3.8) is 0 Å². The van der Waals surface area contributed by atoms with Gasteiger partial charge in [0.15, 0.2) is 17.5 Å². The van der Waals surface area contributed by atoms with E-state index in [0.717, 1.165) is 10.6 Å². The molecule has 2 heterocycles. The largest absolute Gasteiger partial charge is 0.451 e. The van der Waals surface area contributed by atoms with Gasteiger partial charge in [-0.05, 0) is 29.5 Å². The predicted octanol–water partition coefficient (Wildman–Crippen LogP) is 4.13. The lowest BCUT2D eigenvalue weighted by molar-refractivity contribution is -0.148. The zero-order valence-corrected chi connectivity index (χ0v) is 20.6. The third kappa shape index (κ3) is 5.96. The molecule has 7 nitrogen and oxygen atoms in total. The maximum absolute atomic E-state index is 14.6. The van der Waals surface area contributed by atoms with Gasteiger partial charge in [0, 0.05) is 25.2 Å². The molecule has 0 spiro atoms. The van der Waals surface area contributed by atoms with E-state index in [1.165, 1.54) is 4.90 Å². The highest BCUT2D eigenvalue weighted by atomic mass is 19.4. The molecule has 0 radical (unpaired) electrons. The van der Waals surface area contributed by atoms with Crippen LogP contribution in [-0.2, 0) is 35.3 Å². The van der Waals surface area contributed by atoms with Crippen molar-refractivity contribution in [1.82, 2.24) is 19.7 Å². The molecule has 2 atom stereocenters. The molecule has 2 amide bonds. The number of carbonyl (C=O) groups excluding carboxylic acids is 2. The van der Waals surface area contributed by atoms with Crippen LogP contribution in [0.3, 0.4) is 0 Å². The maximum atomic E-state index is 14.6. The highest BCUT2D eigenvalue weighted by Crippen LogP contribution is 2.33. The summed E-state index contributed by atoms with van der Waals surface area (Å²) >= 11 is 0. The monoisotopic (exact) mass is 551 g/mol. The number of halogens is 6. The summed E-state index contributed by atoms with van der Waals surface area (Å²) in [6.07, 6.45) is -3.95. The van der Waals surface area contributed by atoms with Gasteiger partial charge in [-0.3, -0.25) is 9.59 Å². The zero-order valence-electron chi connectivity index (χ0n) is 20.6. The Morgan fingerprint density at radius 3 is 2.33 bits per heavy atom. The van der Waals surface area contributed by atoms with Crippen LogP contribution in [0, 0.1) is 23.4 Å². The zero-order chi connectivity index (χ0) is 28.5. The predicted molar refractivity (Wildman–Crippen MR) is 126 cm³/mol. The number of nitrogens with two attached hydrogens (primary N) is 1. The maximum Gasteiger partial charge on any atom is 0.451 e. The number of carbonyl (C=O) groups is 2. The summed E-state index contributed by atoms with van der Waals surface area (Å²) in [5.74, 6) is -8.13. The van der Waals surface area contributed by atoms with E-state index < -0.39 is 53.1 Å². The van der Waals surface area contributed by atoms with E-state index in [4.69, 9.17) is 5.73 Å². The molecule has 0 saturated carbocycles. The summed E-state index contributed by atoms with van der Waals surface area (Å²) < 4.78 is 82.4. The van der Waals surface area contributed by atoms with Gasteiger partial charge < -0.3 is 15.2 Å². The minimum absolute atomic E-state index is 0.0733. The summed E-state index contributed by atoms with van der Waals surface area (Å²) in [6.45, 7) is 0.981. The van der Waals surface area contributed by atoms with Crippen molar-refractivity contribution in [1.29, 1.82) is 0 Å². The van der Waals surface area contributed by atoms with Crippen LogP contribution in [0.15, 0.2) is 54.1 Å². The molecular weight excluding hydrogens is 528 g/mol. The number of benzene rings is 2. The molecular formula is C26H23F6N5O2. The van der Waals surface area contributed by atoms with E-state index in [2.05, 4.69) is 10.2 Å². The Balaban J connectivity index is 1.69. The number of hydrogen-bond donors (Lipinski definition) is 1. The van der Waals surface area contributed by atoms with Gasteiger partial charge in [0.2, 0.25) is 17.6 Å². The fraction of sp³-hybridized carbons (Fsp3) is 0.308. The quantitative estimate of drug-likeness (QED) is 0.272. The first-order chi connectivity index (χ1) is 18.4. The van der Waals surface area contributed by atoms with Crippen molar-refractivity contribution in [2.75, 3.05) is 6.54 Å². The Labute approximate surface area is 218 Å². The van der Waals surface area contributed by atoms with Gasteiger partial charge in [0.05, 0.1) is 12.5 Å². The fourth-order valence-corrected chi connectivity index (χ4v) is 4.64. The lowest BCUT2D eigenvalue weighted by Crippen LogP contribution is -2.39. The average Bonchev–Trinajstić information content (AvgIpc) is 3.31. The number of rotatable bonds is 7. The summed E-state index contributed by atoms with van der Waals surface area (Å²) in [6, 6.07) is 9.44. The molecule has 13 heteroatoms. The van der Waals surface area contributed by atoms with E-state index in [9.17, 15) is 35.9 Å². The van der Waals surface area contributed by atoms with Crippen LogP contribution in [0.2, 0.25) is 0 Å². The second kappa shape index (κ2) is 10.9. The molecule has 0 saturated heterocycles. The number of allylic oxidation sites excluding steroid dienone is 1. The number of aromatic nitrogens is 3. The van der Waals surface area contributed by atoms with E-state index in [1.807, 2.05) is 0 Å². The van der Waals surface area contributed by atoms with E-state index in [1.54, 1.807) is 37.3 Å². The first-order valence-corrected chi connectivity index (χ1v) is 11.8. The van der Waals surface area contributed by atoms with Crippen LogP contribution >= 0.6 is 0 Å². The van der Waals surface area contributed by atoms with Gasteiger partial charge in [-0.2, -0.15) is 13.2 Å². The molecule has 1 unspecified atom stereocenters. The van der Waals surface area contributed by atoms with Crippen molar-refractivity contribution in [3.8, 4) is 0 Å². The lowest BCUT2D eigenvalue weighted by atomic mass is 9.79. The second-order valence-electron chi connectivity index (χ2n) is 9.18. The van der Waals surface area contributed by atoms with Crippen LogP contribution in [-0.4, -0.2) is 38.0 Å². The highest BCUT2D eigenvalue weighted by molar-refractivity contribution is 5.89. The molecule has 3 aromatic rings. The van der Waals surface area contributed by atoms with Gasteiger partial charge >= 0.3 is 6.18 Å². The van der Waals surface area contributed by atoms with Gasteiger partial charge in [0.1, 0.15) is 5.82 Å². The molecule has 0 fully saturated rings. The van der Waals surface area contributed by atoms with Crippen molar-refractivity contribution < 1.29 is 35.9 Å². The summed E-state index contributed by atoms with van der Waals surface area (Å²) in [5, 5.41) is 6.73. The van der Waals surface area contributed by atoms with Crippen LogP contribution in [0.5, 0.6) is 0 Å². The van der Waals surface area contributed by atoms with Gasteiger partial charge in [-0.1, -0.05) is 42.8 Å². The Morgan fingerprint density at radius 1 is 1.03 bits per heavy atom.